The van der Waals surface area contributed by atoms with Crippen molar-refractivity contribution in [3.63, 3.8) is 0 Å². The lowest BCUT2D eigenvalue weighted by molar-refractivity contribution is -0.0919. The summed E-state index contributed by atoms with van der Waals surface area (Å²) in [4.78, 5) is 11.0. The molecule has 1 aromatic rings. The van der Waals surface area contributed by atoms with Crippen LogP contribution in [-0.4, -0.2) is 30.9 Å². The number of hydrogen-bond acceptors (Lipinski definition) is 5. The van der Waals surface area contributed by atoms with Crippen LogP contribution in [0.4, 0.5) is 0 Å². The quantitative estimate of drug-likeness (QED) is 0.457. The molecule has 1 saturated heterocycles. The van der Waals surface area contributed by atoms with Gasteiger partial charge in [-0.2, -0.15) is 0 Å². The number of carbonyl (C=O) groups excluding carboxylic acids is 1. The smallest absolute Gasteiger partial charge is 0.189 e. The van der Waals surface area contributed by atoms with Crippen LogP contribution in [0.25, 0.3) is 0 Å². The van der Waals surface area contributed by atoms with Gasteiger partial charge in [-0.3, -0.25) is 4.79 Å². The van der Waals surface area contributed by atoms with Gasteiger partial charge in [0.05, 0.1) is 11.2 Å². The first-order chi connectivity index (χ1) is 10.3. The largest absolute Gasteiger partial charge is 0.467 e. The van der Waals surface area contributed by atoms with E-state index in [-0.39, 0.29) is 6.79 Å². The molecule has 0 bridgehead atoms. The van der Waals surface area contributed by atoms with Crippen molar-refractivity contribution in [2.24, 2.45) is 0 Å². The number of aldehydes is 1. The zero-order chi connectivity index (χ0) is 16.4. The normalized spacial score (nSPS) is 20.0. The zero-order valence-corrected chi connectivity index (χ0v) is 13.8. The van der Waals surface area contributed by atoms with Crippen LogP contribution in [-0.2, 0) is 14.2 Å². The Morgan fingerprint density at radius 1 is 1.18 bits per heavy atom. The molecule has 122 valence electrons. The maximum atomic E-state index is 11.0. The van der Waals surface area contributed by atoms with Gasteiger partial charge in [0.2, 0.25) is 0 Å². The van der Waals surface area contributed by atoms with Gasteiger partial charge < -0.3 is 18.9 Å². The predicted molar refractivity (Wildman–Crippen MR) is 82.0 cm³/mol. The second-order valence-electron chi connectivity index (χ2n) is 6.26. The molecule has 1 aliphatic rings. The Kier molecular flexibility index (Phi) is 4.90. The van der Waals surface area contributed by atoms with Gasteiger partial charge in [0.15, 0.2) is 13.1 Å². The van der Waals surface area contributed by atoms with Crippen molar-refractivity contribution in [2.45, 2.75) is 52.1 Å². The third-order valence-corrected chi connectivity index (χ3v) is 4.18. The molecule has 0 aliphatic carbocycles. The summed E-state index contributed by atoms with van der Waals surface area (Å²) in [7, 11) is 0. The summed E-state index contributed by atoms with van der Waals surface area (Å²) >= 11 is 0. The molecule has 0 amide bonds. The van der Waals surface area contributed by atoms with Crippen LogP contribution < -0.4 is 4.74 Å². The molecule has 1 aliphatic heterocycles. The number of carbonyl (C=O) groups is 1. The fraction of sp³-hybridized carbons (Fsp3) is 0.588. The van der Waals surface area contributed by atoms with Crippen molar-refractivity contribution in [1.29, 1.82) is 0 Å². The maximum absolute atomic E-state index is 11.0. The van der Waals surface area contributed by atoms with Crippen LogP contribution in [0.5, 0.6) is 5.75 Å². The van der Waals surface area contributed by atoms with Crippen molar-refractivity contribution in [3.05, 3.63) is 29.3 Å². The first-order valence-corrected chi connectivity index (χ1v) is 7.46. The van der Waals surface area contributed by atoms with Gasteiger partial charge in [-0.15, -0.1) is 0 Å². The van der Waals surface area contributed by atoms with Crippen LogP contribution in [0.15, 0.2) is 18.2 Å². The Bertz CT molecular complexity index is 520. The maximum Gasteiger partial charge on any atom is 0.189 e. The first-order valence-electron chi connectivity index (χ1n) is 7.46. The second-order valence-corrected chi connectivity index (χ2v) is 6.26. The average molecular weight is 308 g/mol. The Balaban J connectivity index is 2.28. The highest BCUT2D eigenvalue weighted by Gasteiger charge is 2.50. The lowest BCUT2D eigenvalue weighted by Gasteiger charge is -2.30. The van der Waals surface area contributed by atoms with Gasteiger partial charge in [-0.25, -0.2) is 0 Å². The molecule has 22 heavy (non-hydrogen) atoms. The summed E-state index contributed by atoms with van der Waals surface area (Å²) in [6.45, 7) is 10.5. The van der Waals surface area contributed by atoms with E-state index in [0.29, 0.717) is 17.9 Å². The van der Waals surface area contributed by atoms with E-state index in [4.69, 9.17) is 18.9 Å². The summed E-state index contributed by atoms with van der Waals surface area (Å²) in [5.41, 5.74) is 0.423. The molecule has 1 heterocycles. The topological polar surface area (TPSA) is 54.0 Å². The standard InChI is InChI=1S/C17H24O5/c1-6-19-11-20-14-9-12(10-18)7-8-13(14)15-21-16(2,3)17(4,5)22-15/h7-10,15H,6,11H2,1-5H3. The minimum absolute atomic E-state index is 0.116. The van der Waals surface area contributed by atoms with E-state index in [1.807, 2.05) is 34.6 Å². The Hall–Kier alpha value is -1.43. The van der Waals surface area contributed by atoms with Crippen LogP contribution in [0.2, 0.25) is 0 Å². The summed E-state index contributed by atoms with van der Waals surface area (Å²) in [6, 6.07) is 5.19. The van der Waals surface area contributed by atoms with Crippen LogP contribution in [0, 0.1) is 0 Å². The van der Waals surface area contributed by atoms with E-state index in [1.54, 1.807) is 18.2 Å². The minimum atomic E-state index is -0.540. The molecule has 0 unspecified atom stereocenters. The van der Waals surface area contributed by atoms with Crippen molar-refractivity contribution in [1.82, 2.24) is 0 Å². The lowest BCUT2D eigenvalue weighted by atomic mass is 9.90. The Labute approximate surface area is 131 Å². The zero-order valence-electron chi connectivity index (χ0n) is 13.8. The first kappa shape index (κ1) is 16.9. The molecule has 0 N–H and O–H groups in total. The number of rotatable bonds is 6. The van der Waals surface area contributed by atoms with Gasteiger partial charge in [0.25, 0.3) is 0 Å². The van der Waals surface area contributed by atoms with Gasteiger partial charge >= 0.3 is 0 Å². The SMILES string of the molecule is CCOCOc1cc(C=O)ccc1C1OC(C)(C)C(C)(C)O1. The van der Waals surface area contributed by atoms with Crippen molar-refractivity contribution in [3.8, 4) is 5.75 Å². The lowest BCUT2D eigenvalue weighted by Crippen LogP contribution is -2.41. The molecule has 1 fully saturated rings. The van der Waals surface area contributed by atoms with Gasteiger partial charge in [-0.1, -0.05) is 6.07 Å². The van der Waals surface area contributed by atoms with Crippen molar-refractivity contribution in [2.75, 3.05) is 13.4 Å². The highest BCUT2D eigenvalue weighted by atomic mass is 16.7. The summed E-state index contributed by atoms with van der Waals surface area (Å²) in [6.07, 6.45) is 0.240. The molecule has 0 aromatic heterocycles. The van der Waals surface area contributed by atoms with Crippen LogP contribution in [0.1, 0.15) is 56.8 Å². The van der Waals surface area contributed by atoms with Gasteiger partial charge in [-0.05, 0) is 46.8 Å². The van der Waals surface area contributed by atoms with E-state index in [0.717, 1.165) is 11.8 Å². The highest BCUT2D eigenvalue weighted by Crippen LogP contribution is 2.46. The predicted octanol–water partition coefficient (Wildman–Crippen LogP) is 3.47. The molecular formula is C17H24O5. The fourth-order valence-corrected chi connectivity index (χ4v) is 2.10. The minimum Gasteiger partial charge on any atom is -0.467 e. The van der Waals surface area contributed by atoms with Gasteiger partial charge in [0.1, 0.15) is 12.0 Å². The molecule has 0 atom stereocenters. The third-order valence-electron chi connectivity index (χ3n) is 4.18. The molecule has 0 radical (unpaired) electrons. The number of benzene rings is 1. The summed E-state index contributed by atoms with van der Waals surface area (Å²) in [5, 5.41) is 0. The molecule has 5 nitrogen and oxygen atoms in total. The molecule has 0 spiro atoms. The Morgan fingerprint density at radius 2 is 1.82 bits per heavy atom. The molecular weight excluding hydrogens is 284 g/mol. The van der Waals surface area contributed by atoms with Crippen molar-refractivity contribution >= 4 is 6.29 Å². The van der Waals surface area contributed by atoms with Gasteiger partial charge in [0, 0.05) is 17.7 Å². The van der Waals surface area contributed by atoms with E-state index in [1.165, 1.54) is 0 Å². The third kappa shape index (κ3) is 3.32. The second kappa shape index (κ2) is 6.36. The summed E-state index contributed by atoms with van der Waals surface area (Å²) in [5.74, 6) is 0.538. The van der Waals surface area contributed by atoms with Crippen LogP contribution >= 0.6 is 0 Å². The fourth-order valence-electron chi connectivity index (χ4n) is 2.10. The van der Waals surface area contributed by atoms with E-state index < -0.39 is 17.5 Å². The number of ether oxygens (including phenoxy) is 4. The van der Waals surface area contributed by atoms with E-state index >= 15 is 0 Å². The monoisotopic (exact) mass is 308 g/mol. The number of hydrogen-bond donors (Lipinski definition) is 0. The van der Waals surface area contributed by atoms with E-state index in [2.05, 4.69) is 0 Å². The Morgan fingerprint density at radius 3 is 2.36 bits per heavy atom. The average Bonchev–Trinajstić information content (AvgIpc) is 2.67. The molecule has 2 rings (SSSR count). The summed E-state index contributed by atoms with van der Waals surface area (Å²) < 4.78 is 22.9. The molecule has 5 heteroatoms. The van der Waals surface area contributed by atoms with Crippen molar-refractivity contribution < 1.29 is 23.7 Å². The molecule has 0 saturated carbocycles. The van der Waals surface area contributed by atoms with E-state index in [9.17, 15) is 4.79 Å². The highest BCUT2D eigenvalue weighted by molar-refractivity contribution is 5.76. The molecule has 1 aromatic carbocycles. The van der Waals surface area contributed by atoms with Crippen LogP contribution in [0.3, 0.4) is 0 Å².